The van der Waals surface area contributed by atoms with Crippen LogP contribution >= 0.6 is 11.8 Å². The fourth-order valence-electron chi connectivity index (χ4n) is 3.79. The molecule has 0 spiro atoms. The number of nitriles is 1. The molecule has 0 amide bonds. The lowest BCUT2D eigenvalue weighted by atomic mass is 10.0. The van der Waals surface area contributed by atoms with E-state index in [1.54, 1.807) is 24.0 Å². The van der Waals surface area contributed by atoms with Gasteiger partial charge in [-0.15, -0.1) is 0 Å². The first-order valence-electron chi connectivity index (χ1n) is 10.8. The van der Waals surface area contributed by atoms with Gasteiger partial charge in [0.2, 0.25) is 5.95 Å². The minimum absolute atomic E-state index is 0.287. The Morgan fingerprint density at radius 3 is 3.00 bits per heavy atom. The standard InChI is InChI=1S/C24H29N5S/c1-15(2)7-8-16(3)27-24-26-10-9-21(29-24)20(13-25)23-28-22(14-30-23)18-6-4-5-17-11-19(17)12-18/h4-5,9-10,12,14-17,19,28H,6-8,11H2,1-3H3,(H,26,27,29)/b23-20-. The van der Waals surface area contributed by atoms with Crippen LogP contribution in [0.2, 0.25) is 0 Å². The van der Waals surface area contributed by atoms with Gasteiger partial charge < -0.3 is 10.6 Å². The molecule has 1 fully saturated rings. The van der Waals surface area contributed by atoms with Gasteiger partial charge in [0.25, 0.3) is 0 Å². The molecule has 1 saturated carbocycles. The summed E-state index contributed by atoms with van der Waals surface area (Å²) in [5, 5.41) is 19.7. The Morgan fingerprint density at radius 2 is 2.20 bits per heavy atom. The van der Waals surface area contributed by atoms with Crippen LogP contribution in [-0.2, 0) is 0 Å². The summed E-state index contributed by atoms with van der Waals surface area (Å²) in [6, 6.07) is 4.44. The number of hydrogen-bond acceptors (Lipinski definition) is 6. The smallest absolute Gasteiger partial charge is 0.223 e. The first-order chi connectivity index (χ1) is 14.5. The Hall–Kier alpha value is -2.52. The molecule has 0 radical (unpaired) electrons. The SMILES string of the molecule is CC(C)CCC(C)Nc1nccc(/C(C#N)=C2/NC(C3=CC4CC4C=CC3)=CS2)n1. The quantitative estimate of drug-likeness (QED) is 0.442. The predicted octanol–water partition coefficient (Wildman–Crippen LogP) is 5.61. The van der Waals surface area contributed by atoms with Crippen molar-refractivity contribution >= 4 is 23.3 Å². The van der Waals surface area contributed by atoms with E-state index in [4.69, 9.17) is 0 Å². The molecule has 0 bridgehead atoms. The number of fused-ring (bicyclic) bond motifs is 1. The number of thioether (sulfide) groups is 1. The number of aromatic nitrogens is 2. The normalized spacial score (nSPS) is 24.8. The van der Waals surface area contributed by atoms with Crippen molar-refractivity contribution in [2.24, 2.45) is 17.8 Å². The average Bonchev–Trinajstić information content (AvgIpc) is 3.33. The number of nitrogens with one attached hydrogen (secondary N) is 2. The Morgan fingerprint density at radius 1 is 1.33 bits per heavy atom. The van der Waals surface area contributed by atoms with E-state index in [9.17, 15) is 5.26 Å². The van der Waals surface area contributed by atoms with Gasteiger partial charge in [0.05, 0.1) is 10.7 Å². The van der Waals surface area contributed by atoms with Crippen LogP contribution in [0, 0.1) is 29.1 Å². The van der Waals surface area contributed by atoms with Gasteiger partial charge in [-0.05, 0) is 62.0 Å². The lowest BCUT2D eigenvalue weighted by Gasteiger charge is -2.15. The maximum absolute atomic E-state index is 9.86. The molecule has 3 atom stereocenters. The van der Waals surface area contributed by atoms with E-state index in [0.717, 1.165) is 35.9 Å². The van der Waals surface area contributed by atoms with Gasteiger partial charge in [-0.25, -0.2) is 9.97 Å². The molecule has 2 aliphatic carbocycles. The summed E-state index contributed by atoms with van der Waals surface area (Å²) >= 11 is 1.56. The second kappa shape index (κ2) is 9.09. The highest BCUT2D eigenvalue weighted by Crippen LogP contribution is 2.45. The third-order valence-corrected chi connectivity index (χ3v) is 6.61. The topological polar surface area (TPSA) is 73.6 Å². The molecular formula is C24H29N5S. The highest BCUT2D eigenvalue weighted by atomic mass is 32.2. The maximum atomic E-state index is 9.86. The average molecular weight is 420 g/mol. The number of allylic oxidation sites excluding steroid dienone is 5. The van der Waals surface area contributed by atoms with Crippen LogP contribution < -0.4 is 10.6 Å². The fraction of sp³-hybridized carbons (Fsp3) is 0.458. The lowest BCUT2D eigenvalue weighted by molar-refractivity contribution is 0.526. The zero-order valence-corrected chi connectivity index (χ0v) is 18.7. The predicted molar refractivity (Wildman–Crippen MR) is 124 cm³/mol. The Balaban J connectivity index is 1.47. The number of anilines is 1. The van der Waals surface area contributed by atoms with Gasteiger partial charge in [0.15, 0.2) is 0 Å². The lowest BCUT2D eigenvalue weighted by Crippen LogP contribution is -2.18. The highest BCUT2D eigenvalue weighted by molar-refractivity contribution is 8.06. The summed E-state index contributed by atoms with van der Waals surface area (Å²) in [7, 11) is 0. The molecule has 4 rings (SSSR count). The zero-order valence-electron chi connectivity index (χ0n) is 17.9. The van der Waals surface area contributed by atoms with E-state index in [1.807, 2.05) is 0 Å². The van der Waals surface area contributed by atoms with Crippen LogP contribution in [0.15, 0.2) is 52.2 Å². The van der Waals surface area contributed by atoms with Gasteiger partial charge >= 0.3 is 0 Å². The molecule has 3 aliphatic rings. The second-order valence-electron chi connectivity index (χ2n) is 8.76. The number of rotatable bonds is 7. The van der Waals surface area contributed by atoms with E-state index >= 15 is 0 Å². The number of nitrogens with zero attached hydrogens (tertiary/aromatic N) is 3. The van der Waals surface area contributed by atoms with Crippen molar-refractivity contribution in [2.45, 2.75) is 52.5 Å². The van der Waals surface area contributed by atoms with Crippen molar-refractivity contribution in [1.82, 2.24) is 15.3 Å². The summed E-state index contributed by atoms with van der Waals surface area (Å²) in [6.07, 6.45) is 13.1. The molecule has 2 heterocycles. The third kappa shape index (κ3) is 4.96. The van der Waals surface area contributed by atoms with E-state index in [1.165, 1.54) is 12.0 Å². The first kappa shape index (κ1) is 20.7. The molecule has 2 N–H and O–H groups in total. The van der Waals surface area contributed by atoms with Crippen LogP contribution in [0.5, 0.6) is 0 Å². The van der Waals surface area contributed by atoms with Crippen molar-refractivity contribution in [3.8, 4) is 6.07 Å². The molecule has 0 saturated heterocycles. The molecule has 156 valence electrons. The van der Waals surface area contributed by atoms with Crippen LogP contribution in [0.1, 0.15) is 52.1 Å². The second-order valence-corrected chi connectivity index (χ2v) is 9.64. The van der Waals surface area contributed by atoms with Gasteiger partial charge in [-0.1, -0.05) is 43.8 Å². The van der Waals surface area contributed by atoms with Gasteiger partial charge in [-0.2, -0.15) is 5.26 Å². The Kier molecular flexibility index (Phi) is 6.29. The zero-order chi connectivity index (χ0) is 21.1. The van der Waals surface area contributed by atoms with Crippen molar-refractivity contribution in [3.63, 3.8) is 0 Å². The van der Waals surface area contributed by atoms with Crippen LogP contribution in [0.3, 0.4) is 0 Å². The van der Waals surface area contributed by atoms with Crippen molar-refractivity contribution in [2.75, 3.05) is 5.32 Å². The van der Waals surface area contributed by atoms with E-state index < -0.39 is 0 Å². The van der Waals surface area contributed by atoms with Crippen LogP contribution in [0.25, 0.3) is 5.57 Å². The van der Waals surface area contributed by atoms with Crippen LogP contribution in [0.4, 0.5) is 5.95 Å². The van der Waals surface area contributed by atoms with Gasteiger partial charge in [0.1, 0.15) is 11.6 Å². The summed E-state index contributed by atoms with van der Waals surface area (Å²) in [6.45, 7) is 6.61. The van der Waals surface area contributed by atoms with Gasteiger partial charge in [-0.3, -0.25) is 0 Å². The van der Waals surface area contributed by atoms with E-state index in [0.29, 0.717) is 29.1 Å². The number of hydrogen-bond donors (Lipinski definition) is 2. The van der Waals surface area contributed by atoms with Crippen molar-refractivity contribution in [1.29, 1.82) is 5.26 Å². The summed E-state index contributed by atoms with van der Waals surface area (Å²) < 4.78 is 0. The molecule has 1 aromatic heterocycles. The Labute approximate surface area is 183 Å². The van der Waals surface area contributed by atoms with Crippen LogP contribution in [-0.4, -0.2) is 16.0 Å². The monoisotopic (exact) mass is 419 g/mol. The third-order valence-electron chi connectivity index (χ3n) is 5.72. The Bertz CT molecular complexity index is 966. The summed E-state index contributed by atoms with van der Waals surface area (Å²) in [5.74, 6) is 2.66. The molecule has 5 nitrogen and oxygen atoms in total. The maximum Gasteiger partial charge on any atom is 0.223 e. The van der Waals surface area contributed by atoms with Crippen molar-refractivity contribution in [3.05, 3.63) is 57.9 Å². The highest BCUT2D eigenvalue weighted by Gasteiger charge is 2.34. The molecule has 1 aliphatic heterocycles. The molecule has 6 heteroatoms. The van der Waals surface area contributed by atoms with E-state index in [-0.39, 0.29) is 6.04 Å². The molecular weight excluding hydrogens is 390 g/mol. The van der Waals surface area contributed by atoms with Gasteiger partial charge in [0, 0.05) is 23.3 Å². The molecule has 0 aromatic carbocycles. The fourth-order valence-corrected chi connectivity index (χ4v) is 4.67. The first-order valence-corrected chi connectivity index (χ1v) is 11.7. The largest absolute Gasteiger partial charge is 0.352 e. The minimum Gasteiger partial charge on any atom is -0.352 e. The molecule has 30 heavy (non-hydrogen) atoms. The van der Waals surface area contributed by atoms with Crippen molar-refractivity contribution < 1.29 is 0 Å². The van der Waals surface area contributed by atoms with E-state index in [2.05, 4.69) is 71.1 Å². The molecule has 1 aromatic rings. The minimum atomic E-state index is 0.287. The molecule has 3 unspecified atom stereocenters. The summed E-state index contributed by atoms with van der Waals surface area (Å²) in [5.41, 5.74) is 3.63. The summed E-state index contributed by atoms with van der Waals surface area (Å²) in [4.78, 5) is 8.97.